The summed E-state index contributed by atoms with van der Waals surface area (Å²) in [5, 5.41) is 3.23. The van der Waals surface area contributed by atoms with Crippen molar-refractivity contribution in [1.82, 2.24) is 4.98 Å². The number of thiazole rings is 1. The van der Waals surface area contributed by atoms with Crippen LogP contribution in [0.3, 0.4) is 0 Å². The standard InChI is InChI=1S/C11H16N2S/c1-9(2)10-3-6-13(7-4-10)11-12-5-8-14-11/h5,8H,3-4,6-7H2,1-2H3. The normalized spacial score (nSPS) is 17.3. The second-order valence-corrected chi connectivity index (χ2v) is 4.78. The van der Waals surface area contributed by atoms with Gasteiger partial charge in [-0.1, -0.05) is 11.1 Å². The maximum Gasteiger partial charge on any atom is 0.185 e. The van der Waals surface area contributed by atoms with Gasteiger partial charge in [0, 0.05) is 24.7 Å². The highest BCUT2D eigenvalue weighted by molar-refractivity contribution is 7.13. The van der Waals surface area contributed by atoms with E-state index >= 15 is 0 Å². The summed E-state index contributed by atoms with van der Waals surface area (Å²) in [6.07, 6.45) is 4.31. The lowest BCUT2D eigenvalue weighted by Gasteiger charge is -2.28. The Hall–Kier alpha value is -0.830. The third-order valence-corrected chi connectivity index (χ3v) is 3.60. The van der Waals surface area contributed by atoms with Crippen LogP contribution in [0, 0.1) is 0 Å². The molecule has 0 saturated carbocycles. The first-order chi connectivity index (χ1) is 6.77. The highest BCUT2D eigenvalue weighted by Gasteiger charge is 2.16. The first-order valence-corrected chi connectivity index (χ1v) is 5.95. The summed E-state index contributed by atoms with van der Waals surface area (Å²) in [5.74, 6) is 0. The topological polar surface area (TPSA) is 16.1 Å². The Morgan fingerprint density at radius 2 is 2.07 bits per heavy atom. The van der Waals surface area contributed by atoms with Gasteiger partial charge >= 0.3 is 0 Å². The molecule has 2 nitrogen and oxygen atoms in total. The third kappa shape index (κ3) is 1.98. The molecule has 76 valence electrons. The van der Waals surface area contributed by atoms with E-state index in [0.717, 1.165) is 13.1 Å². The van der Waals surface area contributed by atoms with E-state index in [2.05, 4.69) is 23.7 Å². The Labute approximate surface area is 89.3 Å². The molecule has 1 aromatic rings. The van der Waals surface area contributed by atoms with Crippen molar-refractivity contribution < 1.29 is 0 Å². The molecule has 1 aliphatic heterocycles. The lowest BCUT2D eigenvalue weighted by atomic mass is 10.00. The number of hydrogen-bond donors (Lipinski definition) is 0. The van der Waals surface area contributed by atoms with Gasteiger partial charge in [0.1, 0.15) is 0 Å². The van der Waals surface area contributed by atoms with Gasteiger partial charge in [-0.15, -0.1) is 11.3 Å². The van der Waals surface area contributed by atoms with Gasteiger partial charge in [-0.2, -0.15) is 0 Å². The molecule has 0 aromatic carbocycles. The van der Waals surface area contributed by atoms with Crippen LogP contribution in [0.1, 0.15) is 26.7 Å². The number of aromatic nitrogens is 1. The quantitative estimate of drug-likeness (QED) is 0.659. The molecule has 0 aliphatic carbocycles. The maximum absolute atomic E-state index is 4.34. The fourth-order valence-corrected chi connectivity index (χ4v) is 2.54. The number of piperidine rings is 1. The molecule has 0 atom stereocenters. The van der Waals surface area contributed by atoms with Gasteiger partial charge in [0.15, 0.2) is 5.13 Å². The van der Waals surface area contributed by atoms with Crippen molar-refractivity contribution in [3.05, 3.63) is 22.7 Å². The minimum Gasteiger partial charge on any atom is -0.347 e. The summed E-state index contributed by atoms with van der Waals surface area (Å²) in [6, 6.07) is 0. The Balaban J connectivity index is 2.00. The highest BCUT2D eigenvalue weighted by Crippen LogP contribution is 2.25. The largest absolute Gasteiger partial charge is 0.347 e. The van der Waals surface area contributed by atoms with E-state index in [4.69, 9.17) is 0 Å². The van der Waals surface area contributed by atoms with E-state index in [0.29, 0.717) is 0 Å². The predicted octanol–water partition coefficient (Wildman–Crippen LogP) is 3.08. The highest BCUT2D eigenvalue weighted by atomic mass is 32.1. The number of nitrogens with zero attached hydrogens (tertiary/aromatic N) is 2. The van der Waals surface area contributed by atoms with Crippen LogP contribution in [0.15, 0.2) is 22.7 Å². The second kappa shape index (κ2) is 4.13. The monoisotopic (exact) mass is 208 g/mol. The lowest BCUT2D eigenvalue weighted by Crippen LogP contribution is -2.30. The van der Waals surface area contributed by atoms with Crippen LogP contribution >= 0.6 is 11.3 Å². The molecule has 1 saturated heterocycles. The van der Waals surface area contributed by atoms with Gasteiger partial charge in [0.05, 0.1) is 0 Å². The van der Waals surface area contributed by atoms with Crippen molar-refractivity contribution in [2.75, 3.05) is 18.0 Å². The Bertz CT molecular complexity index is 313. The maximum atomic E-state index is 4.34. The van der Waals surface area contributed by atoms with E-state index in [1.165, 1.54) is 23.5 Å². The van der Waals surface area contributed by atoms with Gasteiger partial charge < -0.3 is 4.90 Å². The first kappa shape index (κ1) is 9.71. The fourth-order valence-electron chi connectivity index (χ4n) is 1.84. The summed E-state index contributed by atoms with van der Waals surface area (Å²) >= 11 is 1.74. The van der Waals surface area contributed by atoms with Crippen LogP contribution in [0.25, 0.3) is 0 Å². The van der Waals surface area contributed by atoms with E-state index in [9.17, 15) is 0 Å². The van der Waals surface area contributed by atoms with Crippen LogP contribution in [-0.2, 0) is 0 Å². The Kier molecular flexibility index (Phi) is 2.87. The van der Waals surface area contributed by atoms with E-state index < -0.39 is 0 Å². The minimum atomic E-state index is 1.13. The van der Waals surface area contributed by atoms with Gasteiger partial charge in [-0.25, -0.2) is 4.98 Å². The molecule has 2 rings (SSSR count). The van der Waals surface area contributed by atoms with Crippen molar-refractivity contribution in [1.29, 1.82) is 0 Å². The molecule has 0 unspecified atom stereocenters. The number of rotatable bonds is 1. The van der Waals surface area contributed by atoms with Crippen LogP contribution in [0.5, 0.6) is 0 Å². The van der Waals surface area contributed by atoms with Crippen LogP contribution in [0.2, 0.25) is 0 Å². The smallest absolute Gasteiger partial charge is 0.185 e. The van der Waals surface area contributed by atoms with Gasteiger partial charge in [0.25, 0.3) is 0 Å². The van der Waals surface area contributed by atoms with Gasteiger partial charge in [-0.05, 0) is 26.7 Å². The zero-order valence-electron chi connectivity index (χ0n) is 8.79. The average molecular weight is 208 g/mol. The fraction of sp³-hybridized carbons (Fsp3) is 0.545. The molecule has 0 amide bonds. The summed E-state index contributed by atoms with van der Waals surface area (Å²) in [6.45, 7) is 6.70. The summed E-state index contributed by atoms with van der Waals surface area (Å²) in [7, 11) is 0. The molecule has 1 fully saturated rings. The molecule has 1 aliphatic rings. The molecule has 0 radical (unpaired) electrons. The molecular formula is C11H16N2S. The molecule has 3 heteroatoms. The van der Waals surface area contributed by atoms with Crippen molar-refractivity contribution in [3.8, 4) is 0 Å². The second-order valence-electron chi connectivity index (χ2n) is 3.91. The van der Waals surface area contributed by atoms with Crippen molar-refractivity contribution >= 4 is 16.5 Å². The Morgan fingerprint density at radius 3 is 2.57 bits per heavy atom. The van der Waals surface area contributed by atoms with Crippen LogP contribution < -0.4 is 4.90 Å². The Morgan fingerprint density at radius 1 is 1.36 bits per heavy atom. The van der Waals surface area contributed by atoms with Crippen molar-refractivity contribution in [2.24, 2.45) is 0 Å². The summed E-state index contributed by atoms with van der Waals surface area (Å²) in [4.78, 5) is 6.72. The third-order valence-electron chi connectivity index (χ3n) is 2.76. The van der Waals surface area contributed by atoms with Crippen molar-refractivity contribution in [2.45, 2.75) is 26.7 Å². The number of anilines is 1. The molecular weight excluding hydrogens is 192 g/mol. The van der Waals surface area contributed by atoms with Crippen LogP contribution in [-0.4, -0.2) is 18.1 Å². The molecule has 0 spiro atoms. The molecule has 1 aromatic heterocycles. The molecule has 0 N–H and O–H groups in total. The van der Waals surface area contributed by atoms with E-state index in [1.807, 2.05) is 11.6 Å². The van der Waals surface area contributed by atoms with Gasteiger partial charge in [0.2, 0.25) is 0 Å². The summed E-state index contributed by atoms with van der Waals surface area (Å²) in [5.41, 5.74) is 3.14. The summed E-state index contributed by atoms with van der Waals surface area (Å²) < 4.78 is 0. The predicted molar refractivity (Wildman–Crippen MR) is 61.9 cm³/mol. The number of allylic oxidation sites excluding steroid dienone is 1. The first-order valence-electron chi connectivity index (χ1n) is 5.07. The SMILES string of the molecule is CC(C)=C1CCN(c2nccs2)CC1. The lowest BCUT2D eigenvalue weighted by molar-refractivity contribution is 0.675. The molecule has 2 heterocycles. The zero-order chi connectivity index (χ0) is 9.97. The molecule has 14 heavy (non-hydrogen) atoms. The van der Waals surface area contributed by atoms with E-state index in [1.54, 1.807) is 16.9 Å². The minimum absolute atomic E-state index is 1.13. The zero-order valence-corrected chi connectivity index (χ0v) is 9.60. The van der Waals surface area contributed by atoms with E-state index in [-0.39, 0.29) is 0 Å². The van der Waals surface area contributed by atoms with Crippen molar-refractivity contribution in [3.63, 3.8) is 0 Å². The molecule has 0 bridgehead atoms. The van der Waals surface area contributed by atoms with Crippen LogP contribution in [0.4, 0.5) is 5.13 Å². The van der Waals surface area contributed by atoms with Gasteiger partial charge in [-0.3, -0.25) is 0 Å². The number of hydrogen-bond acceptors (Lipinski definition) is 3. The average Bonchev–Trinajstić information content (AvgIpc) is 2.71.